The molecule has 3 rings (SSSR count). The first kappa shape index (κ1) is 18.3. The summed E-state index contributed by atoms with van der Waals surface area (Å²) in [5, 5.41) is 14.5. The summed E-state index contributed by atoms with van der Waals surface area (Å²) < 4.78 is 10.9. The van der Waals surface area contributed by atoms with E-state index in [0.717, 1.165) is 0 Å². The molecule has 0 fully saturated rings. The van der Waals surface area contributed by atoms with Crippen LogP contribution in [-0.4, -0.2) is 43.9 Å². The molecule has 10 heteroatoms. The van der Waals surface area contributed by atoms with Gasteiger partial charge in [0.1, 0.15) is 6.61 Å². The minimum Gasteiger partial charge on any atom is -0.504 e. The molecule has 2 heterocycles. The number of ether oxygens (including phenoxy) is 2. The molecular formula is C17H13ClN4O5. The second-order valence-corrected chi connectivity index (χ2v) is 5.68. The first-order valence-electron chi connectivity index (χ1n) is 7.59. The number of aromatic nitrogens is 4. The fourth-order valence-electron chi connectivity index (χ4n) is 2.11. The first-order chi connectivity index (χ1) is 13.0. The summed E-state index contributed by atoms with van der Waals surface area (Å²) in [7, 11) is 1.23. The Hall–Kier alpha value is -3.46. The minimum absolute atomic E-state index is 0.0329. The molecule has 0 aliphatic heterocycles. The van der Waals surface area contributed by atoms with E-state index in [9.17, 15) is 14.7 Å². The topological polar surface area (TPSA) is 116 Å². The second kappa shape index (κ2) is 7.83. The molecule has 0 atom stereocenters. The summed E-state index contributed by atoms with van der Waals surface area (Å²) in [6.45, 7) is -0.212. The number of methoxy groups -OCH3 is 1. The molecule has 1 N–H and O–H groups in total. The number of hydrogen-bond donors (Lipinski definition) is 1. The number of carbonyl (C=O) groups is 2. The Morgan fingerprint density at radius 1 is 1.22 bits per heavy atom. The number of aromatic hydroxyl groups is 1. The Kier molecular flexibility index (Phi) is 5.32. The zero-order valence-electron chi connectivity index (χ0n) is 14.0. The maximum Gasteiger partial charge on any atom is 0.363 e. The minimum atomic E-state index is -0.841. The van der Waals surface area contributed by atoms with Crippen LogP contribution in [-0.2, 0) is 16.1 Å². The fraction of sp³-hybridized carbons (Fsp3) is 0.118. The van der Waals surface area contributed by atoms with Gasteiger partial charge < -0.3 is 14.6 Å². The van der Waals surface area contributed by atoms with Gasteiger partial charge in [0.25, 0.3) is 0 Å². The van der Waals surface area contributed by atoms with Crippen LogP contribution in [0.2, 0.25) is 5.02 Å². The quantitative estimate of drug-likeness (QED) is 0.661. The highest BCUT2D eigenvalue weighted by atomic mass is 35.5. The first-order valence-corrected chi connectivity index (χ1v) is 7.96. The number of esters is 2. The Labute approximate surface area is 158 Å². The largest absolute Gasteiger partial charge is 0.504 e. The lowest BCUT2D eigenvalue weighted by Gasteiger charge is -2.04. The zero-order valence-corrected chi connectivity index (χ0v) is 14.8. The van der Waals surface area contributed by atoms with Crippen molar-refractivity contribution in [3.8, 4) is 11.4 Å². The summed E-state index contributed by atoms with van der Waals surface area (Å²) in [6.07, 6.45) is 3.76. The second-order valence-electron chi connectivity index (χ2n) is 5.25. The molecule has 0 unspecified atom stereocenters. The number of carbonyl (C=O) groups excluding carboxylic acids is 2. The van der Waals surface area contributed by atoms with E-state index in [1.165, 1.54) is 30.4 Å². The van der Waals surface area contributed by atoms with Gasteiger partial charge in [-0.3, -0.25) is 4.98 Å². The number of hydrogen-bond acceptors (Lipinski definition) is 8. The van der Waals surface area contributed by atoms with Crippen LogP contribution in [0.15, 0.2) is 42.9 Å². The third-order valence-corrected chi connectivity index (χ3v) is 3.65. The van der Waals surface area contributed by atoms with Crippen molar-refractivity contribution in [2.45, 2.75) is 6.61 Å². The van der Waals surface area contributed by atoms with Crippen molar-refractivity contribution in [2.75, 3.05) is 7.11 Å². The fourth-order valence-corrected chi connectivity index (χ4v) is 2.29. The molecule has 138 valence electrons. The van der Waals surface area contributed by atoms with Crippen LogP contribution in [0.1, 0.15) is 26.7 Å². The molecule has 0 saturated heterocycles. The van der Waals surface area contributed by atoms with Crippen LogP contribution in [0.3, 0.4) is 0 Å². The van der Waals surface area contributed by atoms with Crippen molar-refractivity contribution in [2.24, 2.45) is 0 Å². The molecule has 0 aliphatic carbocycles. The van der Waals surface area contributed by atoms with Gasteiger partial charge >= 0.3 is 11.9 Å². The highest BCUT2D eigenvalue weighted by Gasteiger charge is 2.19. The van der Waals surface area contributed by atoms with Crippen molar-refractivity contribution in [1.82, 2.24) is 19.7 Å². The van der Waals surface area contributed by atoms with Crippen molar-refractivity contribution < 1.29 is 24.2 Å². The number of rotatable bonds is 5. The van der Waals surface area contributed by atoms with Crippen molar-refractivity contribution >= 4 is 23.5 Å². The van der Waals surface area contributed by atoms with Gasteiger partial charge in [0.05, 0.1) is 37.1 Å². The van der Waals surface area contributed by atoms with Crippen LogP contribution < -0.4 is 0 Å². The van der Waals surface area contributed by atoms with Gasteiger partial charge in [-0.25, -0.2) is 19.3 Å². The summed E-state index contributed by atoms with van der Waals surface area (Å²) in [5.74, 6) is -1.80. The Morgan fingerprint density at radius 3 is 2.70 bits per heavy atom. The van der Waals surface area contributed by atoms with Gasteiger partial charge in [-0.05, 0) is 18.2 Å². The van der Waals surface area contributed by atoms with Gasteiger partial charge in [-0.15, -0.1) is 0 Å². The highest BCUT2D eigenvalue weighted by Crippen LogP contribution is 2.21. The van der Waals surface area contributed by atoms with E-state index in [2.05, 4.69) is 19.8 Å². The predicted octanol–water partition coefficient (Wildman–Crippen LogP) is 2.16. The van der Waals surface area contributed by atoms with E-state index >= 15 is 0 Å². The van der Waals surface area contributed by atoms with Crippen molar-refractivity contribution in [1.29, 1.82) is 0 Å². The van der Waals surface area contributed by atoms with Crippen molar-refractivity contribution in [3.05, 3.63) is 65.0 Å². The van der Waals surface area contributed by atoms with E-state index in [-0.39, 0.29) is 23.7 Å². The molecular weight excluding hydrogens is 376 g/mol. The average Bonchev–Trinajstić information content (AvgIpc) is 3.08. The van der Waals surface area contributed by atoms with E-state index in [1.54, 1.807) is 24.3 Å². The van der Waals surface area contributed by atoms with Crippen LogP contribution in [0.5, 0.6) is 5.75 Å². The van der Waals surface area contributed by atoms with Gasteiger partial charge in [0.2, 0.25) is 5.69 Å². The average molecular weight is 389 g/mol. The normalized spacial score (nSPS) is 10.4. The number of nitrogens with zero attached hydrogens (tertiary/aromatic N) is 4. The Balaban J connectivity index is 1.69. The lowest BCUT2D eigenvalue weighted by atomic mass is 10.3. The van der Waals surface area contributed by atoms with Gasteiger partial charge in [0, 0.05) is 5.02 Å². The van der Waals surface area contributed by atoms with E-state index in [1.807, 2.05) is 0 Å². The molecule has 0 aliphatic rings. The molecule has 1 aromatic carbocycles. The van der Waals surface area contributed by atoms with E-state index in [4.69, 9.17) is 16.3 Å². The van der Waals surface area contributed by atoms with Crippen molar-refractivity contribution in [3.63, 3.8) is 0 Å². The van der Waals surface area contributed by atoms with Crippen LogP contribution in [0, 0.1) is 0 Å². The predicted molar refractivity (Wildman–Crippen MR) is 92.7 cm³/mol. The molecule has 0 radical (unpaired) electrons. The maximum absolute atomic E-state index is 12.2. The summed E-state index contributed by atoms with van der Waals surface area (Å²) >= 11 is 5.92. The molecule has 0 saturated carbocycles. The van der Waals surface area contributed by atoms with Gasteiger partial charge in [-0.1, -0.05) is 17.7 Å². The molecule has 9 nitrogen and oxygen atoms in total. The van der Waals surface area contributed by atoms with Gasteiger partial charge in [0.15, 0.2) is 11.4 Å². The summed E-state index contributed by atoms with van der Waals surface area (Å²) in [5.41, 5.74) is 0.658. The maximum atomic E-state index is 12.2. The lowest BCUT2D eigenvalue weighted by Crippen LogP contribution is -2.10. The smallest absolute Gasteiger partial charge is 0.363 e. The SMILES string of the molecule is COC(=O)c1cnc(COC(=O)c2nn(-c3cccc(Cl)c3)cc2O)cn1. The van der Waals surface area contributed by atoms with Crippen LogP contribution in [0.25, 0.3) is 5.69 Å². The third-order valence-electron chi connectivity index (χ3n) is 3.41. The van der Waals surface area contributed by atoms with Crippen LogP contribution >= 0.6 is 11.6 Å². The third kappa shape index (κ3) is 4.21. The highest BCUT2D eigenvalue weighted by molar-refractivity contribution is 6.30. The van der Waals surface area contributed by atoms with E-state index < -0.39 is 11.9 Å². The molecule has 3 aromatic rings. The number of benzene rings is 1. The molecule has 2 aromatic heterocycles. The molecule has 27 heavy (non-hydrogen) atoms. The summed E-state index contributed by atoms with van der Waals surface area (Å²) in [6, 6.07) is 6.74. The Morgan fingerprint density at radius 2 is 2.04 bits per heavy atom. The molecule has 0 bridgehead atoms. The molecule has 0 amide bonds. The standard InChI is InChI=1S/C17H13ClN4O5/c1-26-16(24)13-7-19-11(6-20-13)9-27-17(25)15-14(23)8-22(21-15)12-4-2-3-10(18)5-12/h2-8,23H,9H2,1H3. The monoisotopic (exact) mass is 388 g/mol. The summed E-state index contributed by atoms with van der Waals surface area (Å²) in [4.78, 5) is 31.3. The Bertz CT molecular complexity index is 987. The van der Waals surface area contributed by atoms with Gasteiger partial charge in [-0.2, -0.15) is 5.10 Å². The number of halogens is 1. The zero-order chi connectivity index (χ0) is 19.4. The van der Waals surface area contributed by atoms with Crippen LogP contribution in [0.4, 0.5) is 0 Å². The molecule has 0 spiro atoms. The van der Waals surface area contributed by atoms with E-state index in [0.29, 0.717) is 16.4 Å². The lowest BCUT2D eigenvalue weighted by molar-refractivity contribution is 0.0454.